The van der Waals surface area contributed by atoms with Gasteiger partial charge in [0.1, 0.15) is 0 Å². The zero-order valence-corrected chi connectivity index (χ0v) is 9.17. The Bertz CT molecular complexity index is 618. The molecule has 0 unspecified atom stereocenters. The Morgan fingerprint density at radius 2 is 2.12 bits per heavy atom. The number of methoxy groups -OCH3 is 1. The van der Waals surface area contributed by atoms with Gasteiger partial charge in [-0.3, -0.25) is 4.79 Å². The highest BCUT2D eigenvalue weighted by atomic mass is 16.5. The maximum absolute atomic E-state index is 11.5. The Labute approximate surface area is 95.4 Å². The van der Waals surface area contributed by atoms with Crippen LogP contribution in [0.3, 0.4) is 0 Å². The molecule has 0 fully saturated rings. The molecule has 0 aliphatic heterocycles. The summed E-state index contributed by atoms with van der Waals surface area (Å²) in [5.41, 5.74) is 5.74. The third-order valence-corrected chi connectivity index (χ3v) is 2.06. The minimum atomic E-state index is -0.788. The highest BCUT2D eigenvalue weighted by Crippen LogP contribution is 2.07. The second-order valence-electron chi connectivity index (χ2n) is 3.29. The Morgan fingerprint density at radius 1 is 1.41 bits per heavy atom. The normalized spacial score (nSPS) is 10.5. The third-order valence-electron chi connectivity index (χ3n) is 2.06. The number of rotatable bonds is 2. The summed E-state index contributed by atoms with van der Waals surface area (Å²) in [6.45, 7) is 1.69. The molecule has 1 amide bonds. The molecule has 0 spiro atoms. The van der Waals surface area contributed by atoms with Crippen LogP contribution in [0.4, 0.5) is 0 Å². The molecule has 88 valence electrons. The van der Waals surface area contributed by atoms with Crippen LogP contribution in [0.2, 0.25) is 0 Å². The fraction of sp³-hybridized carbons (Fsp3) is 0.222. The highest BCUT2D eigenvalue weighted by Gasteiger charge is 2.17. The van der Waals surface area contributed by atoms with Gasteiger partial charge in [0, 0.05) is 5.69 Å². The minimum absolute atomic E-state index is 0.124. The summed E-state index contributed by atoms with van der Waals surface area (Å²) in [6, 6.07) is 1.48. The molecule has 2 N–H and O–H groups in total. The van der Waals surface area contributed by atoms with Crippen LogP contribution in [0.5, 0.6) is 0 Å². The SMILES string of the molecule is COC(=O)c1cc(C)nc2nc(C(N)=O)nn12. The smallest absolute Gasteiger partial charge is 0.356 e. The number of carbonyl (C=O) groups is 2. The molecule has 0 saturated carbocycles. The molecule has 2 heterocycles. The van der Waals surface area contributed by atoms with E-state index in [0.717, 1.165) is 4.52 Å². The number of amides is 1. The average Bonchev–Trinajstić information content (AvgIpc) is 2.70. The van der Waals surface area contributed by atoms with E-state index in [1.807, 2.05) is 0 Å². The van der Waals surface area contributed by atoms with Gasteiger partial charge in [0.25, 0.3) is 11.7 Å². The zero-order valence-electron chi connectivity index (χ0n) is 9.17. The number of aryl methyl sites for hydroxylation is 1. The Morgan fingerprint density at radius 3 is 2.71 bits per heavy atom. The molecule has 0 aliphatic carbocycles. The van der Waals surface area contributed by atoms with Crippen LogP contribution in [0.1, 0.15) is 26.8 Å². The second kappa shape index (κ2) is 3.81. The number of aromatic nitrogens is 4. The first-order chi connectivity index (χ1) is 8.02. The van der Waals surface area contributed by atoms with E-state index in [4.69, 9.17) is 5.73 Å². The minimum Gasteiger partial charge on any atom is -0.464 e. The van der Waals surface area contributed by atoms with Gasteiger partial charge >= 0.3 is 5.97 Å². The zero-order chi connectivity index (χ0) is 12.6. The number of carbonyl (C=O) groups excluding carboxylic acids is 2. The number of fused-ring (bicyclic) bond motifs is 1. The van der Waals surface area contributed by atoms with Crippen LogP contribution < -0.4 is 5.73 Å². The first kappa shape index (κ1) is 11.0. The van der Waals surface area contributed by atoms with Crippen molar-refractivity contribution in [2.24, 2.45) is 5.73 Å². The number of hydrogen-bond donors (Lipinski definition) is 1. The topological polar surface area (TPSA) is 112 Å². The summed E-state index contributed by atoms with van der Waals surface area (Å²) < 4.78 is 5.72. The van der Waals surface area contributed by atoms with Gasteiger partial charge < -0.3 is 10.5 Å². The van der Waals surface area contributed by atoms with E-state index in [2.05, 4.69) is 19.8 Å². The van der Waals surface area contributed by atoms with Crippen molar-refractivity contribution in [2.45, 2.75) is 6.92 Å². The van der Waals surface area contributed by atoms with Crippen molar-refractivity contribution in [1.82, 2.24) is 19.6 Å². The van der Waals surface area contributed by atoms with Gasteiger partial charge in [-0.2, -0.15) is 9.50 Å². The lowest BCUT2D eigenvalue weighted by molar-refractivity contribution is 0.0590. The van der Waals surface area contributed by atoms with E-state index in [-0.39, 0.29) is 17.3 Å². The number of hydrogen-bond acceptors (Lipinski definition) is 6. The lowest BCUT2D eigenvalue weighted by Gasteiger charge is -2.01. The van der Waals surface area contributed by atoms with Crippen LogP contribution >= 0.6 is 0 Å². The number of ether oxygens (including phenoxy) is 1. The van der Waals surface area contributed by atoms with Crippen LogP contribution in [0, 0.1) is 6.92 Å². The van der Waals surface area contributed by atoms with Gasteiger partial charge in [0.2, 0.25) is 5.82 Å². The average molecular weight is 235 g/mol. The van der Waals surface area contributed by atoms with Crippen molar-refractivity contribution < 1.29 is 14.3 Å². The van der Waals surface area contributed by atoms with Gasteiger partial charge in [-0.05, 0) is 13.0 Å². The van der Waals surface area contributed by atoms with E-state index < -0.39 is 11.9 Å². The standard InChI is InChI=1S/C9H9N5O3/c1-4-3-5(8(16)17-2)14-9(11-4)12-7(13-14)6(10)15/h3H,1-2H3,(H2,10,15). The molecule has 0 bridgehead atoms. The van der Waals surface area contributed by atoms with Crippen molar-refractivity contribution in [1.29, 1.82) is 0 Å². The number of nitrogens with two attached hydrogens (primary N) is 1. The molecule has 0 aromatic carbocycles. The fourth-order valence-electron chi connectivity index (χ4n) is 1.34. The van der Waals surface area contributed by atoms with Crippen molar-refractivity contribution in [3.05, 3.63) is 23.3 Å². The molecule has 2 aromatic heterocycles. The molecule has 8 heteroatoms. The highest BCUT2D eigenvalue weighted by molar-refractivity contribution is 5.90. The monoisotopic (exact) mass is 235 g/mol. The maximum atomic E-state index is 11.5. The van der Waals surface area contributed by atoms with E-state index in [0.29, 0.717) is 5.69 Å². The summed E-state index contributed by atoms with van der Waals surface area (Å²) in [6.07, 6.45) is 0. The lowest BCUT2D eigenvalue weighted by Crippen LogP contribution is -2.14. The van der Waals surface area contributed by atoms with E-state index >= 15 is 0 Å². The summed E-state index contributed by atoms with van der Waals surface area (Å²) in [5.74, 6) is -1.46. The van der Waals surface area contributed by atoms with Crippen LogP contribution in [0.15, 0.2) is 6.07 Å². The van der Waals surface area contributed by atoms with Crippen LogP contribution in [-0.2, 0) is 4.74 Å². The number of nitrogens with zero attached hydrogens (tertiary/aromatic N) is 4. The van der Waals surface area contributed by atoms with Crippen LogP contribution in [-0.4, -0.2) is 38.6 Å². The van der Waals surface area contributed by atoms with Crippen molar-refractivity contribution in [3.8, 4) is 0 Å². The Kier molecular flexibility index (Phi) is 2.47. The third kappa shape index (κ3) is 1.80. The molecular weight excluding hydrogens is 226 g/mol. The van der Waals surface area contributed by atoms with Gasteiger partial charge in [0.15, 0.2) is 5.69 Å². The molecule has 0 radical (unpaired) electrons. The van der Waals surface area contributed by atoms with Crippen molar-refractivity contribution in [3.63, 3.8) is 0 Å². The summed E-state index contributed by atoms with van der Waals surface area (Å²) in [7, 11) is 1.25. The maximum Gasteiger partial charge on any atom is 0.356 e. The Balaban J connectivity index is 2.74. The van der Waals surface area contributed by atoms with E-state index in [1.165, 1.54) is 13.2 Å². The molecule has 17 heavy (non-hydrogen) atoms. The van der Waals surface area contributed by atoms with E-state index in [1.54, 1.807) is 6.92 Å². The molecule has 0 aliphatic rings. The lowest BCUT2D eigenvalue weighted by atomic mass is 10.3. The van der Waals surface area contributed by atoms with Gasteiger partial charge in [0.05, 0.1) is 7.11 Å². The van der Waals surface area contributed by atoms with Crippen molar-refractivity contribution in [2.75, 3.05) is 7.11 Å². The largest absolute Gasteiger partial charge is 0.464 e. The molecule has 0 saturated heterocycles. The first-order valence-electron chi connectivity index (χ1n) is 4.65. The predicted molar refractivity (Wildman–Crippen MR) is 55.4 cm³/mol. The molecule has 8 nitrogen and oxygen atoms in total. The predicted octanol–water partition coefficient (Wildman–Crippen LogP) is -0.682. The second-order valence-corrected chi connectivity index (χ2v) is 3.29. The van der Waals surface area contributed by atoms with Gasteiger partial charge in [-0.1, -0.05) is 0 Å². The van der Waals surface area contributed by atoms with Crippen LogP contribution in [0.25, 0.3) is 5.78 Å². The summed E-state index contributed by atoms with van der Waals surface area (Å²) >= 11 is 0. The molecular formula is C9H9N5O3. The van der Waals surface area contributed by atoms with Gasteiger partial charge in [-0.15, -0.1) is 5.10 Å². The van der Waals surface area contributed by atoms with E-state index in [9.17, 15) is 9.59 Å². The number of primary amides is 1. The summed E-state index contributed by atoms with van der Waals surface area (Å²) in [4.78, 5) is 30.3. The molecule has 2 aromatic rings. The quantitative estimate of drug-likeness (QED) is 0.690. The van der Waals surface area contributed by atoms with Gasteiger partial charge in [-0.25, -0.2) is 9.78 Å². The fourth-order valence-corrected chi connectivity index (χ4v) is 1.34. The van der Waals surface area contributed by atoms with Crippen molar-refractivity contribution >= 4 is 17.7 Å². The summed E-state index contributed by atoms with van der Waals surface area (Å²) in [5, 5.41) is 3.79. The molecule has 2 rings (SSSR count). The number of esters is 1. The first-order valence-corrected chi connectivity index (χ1v) is 4.65. The Hall–Kier alpha value is -2.51. The molecule has 0 atom stereocenters.